The van der Waals surface area contributed by atoms with Gasteiger partial charge in [0.1, 0.15) is 6.04 Å². The lowest BCUT2D eigenvalue weighted by molar-refractivity contribution is -0.135. The van der Waals surface area contributed by atoms with E-state index in [0.29, 0.717) is 6.04 Å². The fourth-order valence-electron chi connectivity index (χ4n) is 2.59. The number of carbonyl (C=O) groups is 1. The third-order valence-corrected chi connectivity index (χ3v) is 3.98. The first-order chi connectivity index (χ1) is 9.13. The summed E-state index contributed by atoms with van der Waals surface area (Å²) in [6, 6.07) is 9.50. The van der Waals surface area contributed by atoms with Crippen molar-refractivity contribution in [3.63, 3.8) is 0 Å². The number of amides is 1. The Kier molecular flexibility index (Phi) is 4.56. The third-order valence-electron chi connectivity index (χ3n) is 3.98. The van der Waals surface area contributed by atoms with Crippen LogP contribution in [0.15, 0.2) is 30.3 Å². The van der Waals surface area contributed by atoms with E-state index in [4.69, 9.17) is 5.73 Å². The quantitative estimate of drug-likeness (QED) is 0.890. The van der Waals surface area contributed by atoms with Gasteiger partial charge in [0, 0.05) is 25.7 Å². The molecule has 1 amide bonds. The highest BCUT2D eigenvalue weighted by molar-refractivity contribution is 5.83. The lowest BCUT2D eigenvalue weighted by Gasteiger charge is -2.40. The first-order valence-corrected chi connectivity index (χ1v) is 6.93. The van der Waals surface area contributed by atoms with Gasteiger partial charge in [0.2, 0.25) is 5.91 Å². The number of nitrogens with zero attached hydrogens (tertiary/aromatic N) is 2. The second-order valence-electron chi connectivity index (χ2n) is 5.22. The van der Waals surface area contributed by atoms with Crippen molar-refractivity contribution >= 4 is 5.91 Å². The SMILES string of the molecule is CCC1CN(C(=O)[C@@H](N)c2ccccc2)CCN1C. The van der Waals surface area contributed by atoms with Crippen molar-refractivity contribution < 1.29 is 4.79 Å². The largest absolute Gasteiger partial charge is 0.338 e. The minimum atomic E-state index is -0.540. The molecule has 1 aliphatic heterocycles. The molecule has 19 heavy (non-hydrogen) atoms. The van der Waals surface area contributed by atoms with E-state index in [1.54, 1.807) is 0 Å². The maximum atomic E-state index is 12.4. The molecule has 2 rings (SSSR count). The molecule has 2 N–H and O–H groups in total. The Labute approximate surface area is 115 Å². The van der Waals surface area contributed by atoms with Crippen LogP contribution >= 0.6 is 0 Å². The number of benzene rings is 1. The molecule has 0 radical (unpaired) electrons. The molecule has 1 fully saturated rings. The van der Waals surface area contributed by atoms with Crippen molar-refractivity contribution in [1.29, 1.82) is 0 Å². The molecule has 4 heteroatoms. The van der Waals surface area contributed by atoms with Crippen LogP contribution in [0.3, 0.4) is 0 Å². The smallest absolute Gasteiger partial charge is 0.244 e. The molecule has 2 atom stereocenters. The molecule has 0 aliphatic carbocycles. The Balaban J connectivity index is 2.04. The summed E-state index contributed by atoms with van der Waals surface area (Å²) >= 11 is 0. The lowest BCUT2D eigenvalue weighted by atomic mass is 10.0. The summed E-state index contributed by atoms with van der Waals surface area (Å²) in [4.78, 5) is 16.7. The van der Waals surface area contributed by atoms with Crippen molar-refractivity contribution in [2.75, 3.05) is 26.7 Å². The van der Waals surface area contributed by atoms with Gasteiger partial charge in [0.25, 0.3) is 0 Å². The average Bonchev–Trinajstić information content (AvgIpc) is 2.47. The lowest BCUT2D eigenvalue weighted by Crippen LogP contribution is -2.54. The second kappa shape index (κ2) is 6.17. The number of rotatable bonds is 3. The summed E-state index contributed by atoms with van der Waals surface area (Å²) in [5.41, 5.74) is 6.97. The molecule has 0 saturated carbocycles. The zero-order valence-corrected chi connectivity index (χ0v) is 11.7. The fraction of sp³-hybridized carbons (Fsp3) is 0.533. The number of likely N-dealkylation sites (N-methyl/N-ethyl adjacent to an activating group) is 1. The van der Waals surface area contributed by atoms with Gasteiger partial charge in [-0.25, -0.2) is 0 Å². The van der Waals surface area contributed by atoms with Crippen molar-refractivity contribution in [3.8, 4) is 0 Å². The highest BCUT2D eigenvalue weighted by Gasteiger charge is 2.29. The van der Waals surface area contributed by atoms with Crippen molar-refractivity contribution in [3.05, 3.63) is 35.9 Å². The minimum absolute atomic E-state index is 0.0396. The van der Waals surface area contributed by atoms with E-state index < -0.39 is 6.04 Å². The standard InChI is InChI=1S/C15H23N3O/c1-3-13-11-18(10-9-17(13)2)15(19)14(16)12-7-5-4-6-8-12/h4-8,13-14H,3,9-11,16H2,1-2H3/t13?,14-/m0/s1. The van der Waals surface area contributed by atoms with Gasteiger partial charge >= 0.3 is 0 Å². The Morgan fingerprint density at radius 2 is 2.05 bits per heavy atom. The molecular weight excluding hydrogens is 238 g/mol. The topological polar surface area (TPSA) is 49.6 Å². The van der Waals surface area contributed by atoms with Crippen LogP contribution in [0.2, 0.25) is 0 Å². The monoisotopic (exact) mass is 261 g/mol. The summed E-state index contributed by atoms with van der Waals surface area (Å²) in [6.45, 7) is 4.64. The predicted octanol–water partition coefficient (Wildman–Crippen LogP) is 1.24. The Morgan fingerprint density at radius 3 is 2.68 bits per heavy atom. The van der Waals surface area contributed by atoms with Gasteiger partial charge in [-0.15, -0.1) is 0 Å². The molecule has 0 spiro atoms. The molecule has 1 heterocycles. The summed E-state index contributed by atoms with van der Waals surface area (Å²) in [7, 11) is 2.12. The highest BCUT2D eigenvalue weighted by atomic mass is 16.2. The number of nitrogens with two attached hydrogens (primary N) is 1. The fourth-order valence-corrected chi connectivity index (χ4v) is 2.59. The van der Waals surface area contributed by atoms with E-state index in [2.05, 4.69) is 18.9 Å². The Hall–Kier alpha value is -1.39. The third kappa shape index (κ3) is 3.14. The molecule has 1 aromatic carbocycles. The van der Waals surface area contributed by atoms with Gasteiger partial charge in [-0.3, -0.25) is 9.69 Å². The van der Waals surface area contributed by atoms with Gasteiger partial charge in [-0.05, 0) is 19.0 Å². The molecule has 0 aromatic heterocycles. The molecule has 4 nitrogen and oxygen atoms in total. The first kappa shape index (κ1) is 14.0. The van der Waals surface area contributed by atoms with E-state index in [0.717, 1.165) is 31.6 Å². The van der Waals surface area contributed by atoms with Gasteiger partial charge in [0.15, 0.2) is 0 Å². The number of hydrogen-bond donors (Lipinski definition) is 1. The highest BCUT2D eigenvalue weighted by Crippen LogP contribution is 2.17. The zero-order valence-electron chi connectivity index (χ0n) is 11.7. The van der Waals surface area contributed by atoms with Crippen LogP contribution in [0.25, 0.3) is 0 Å². The van der Waals surface area contributed by atoms with E-state index >= 15 is 0 Å². The molecule has 1 aromatic rings. The van der Waals surface area contributed by atoms with E-state index in [-0.39, 0.29) is 5.91 Å². The second-order valence-corrected chi connectivity index (χ2v) is 5.22. The Morgan fingerprint density at radius 1 is 1.37 bits per heavy atom. The Bertz CT molecular complexity index is 421. The molecule has 1 aliphatic rings. The summed E-state index contributed by atoms with van der Waals surface area (Å²) in [5.74, 6) is 0.0396. The maximum absolute atomic E-state index is 12.4. The molecular formula is C15H23N3O. The predicted molar refractivity (Wildman–Crippen MR) is 76.7 cm³/mol. The van der Waals surface area contributed by atoms with Gasteiger partial charge in [0.05, 0.1) is 0 Å². The number of carbonyl (C=O) groups excluding carboxylic acids is 1. The van der Waals surface area contributed by atoms with Gasteiger partial charge < -0.3 is 10.6 Å². The van der Waals surface area contributed by atoms with E-state index in [1.165, 1.54) is 0 Å². The molecule has 1 unspecified atom stereocenters. The number of hydrogen-bond acceptors (Lipinski definition) is 3. The van der Waals surface area contributed by atoms with Crippen LogP contribution < -0.4 is 5.73 Å². The summed E-state index contributed by atoms with van der Waals surface area (Å²) in [6.07, 6.45) is 1.06. The summed E-state index contributed by atoms with van der Waals surface area (Å²) in [5, 5.41) is 0. The zero-order chi connectivity index (χ0) is 13.8. The van der Waals surface area contributed by atoms with Crippen LogP contribution in [0, 0.1) is 0 Å². The normalized spacial score (nSPS) is 22.3. The van der Waals surface area contributed by atoms with Crippen molar-refractivity contribution in [1.82, 2.24) is 9.80 Å². The molecule has 0 bridgehead atoms. The van der Waals surface area contributed by atoms with Crippen LogP contribution in [0.5, 0.6) is 0 Å². The van der Waals surface area contributed by atoms with E-state index in [1.807, 2.05) is 35.2 Å². The number of piperazine rings is 1. The molecule has 1 saturated heterocycles. The van der Waals surface area contributed by atoms with Crippen LogP contribution in [-0.4, -0.2) is 48.4 Å². The van der Waals surface area contributed by atoms with Crippen molar-refractivity contribution in [2.24, 2.45) is 5.73 Å². The van der Waals surface area contributed by atoms with Gasteiger partial charge in [-0.1, -0.05) is 37.3 Å². The minimum Gasteiger partial charge on any atom is -0.338 e. The van der Waals surface area contributed by atoms with Gasteiger partial charge in [-0.2, -0.15) is 0 Å². The van der Waals surface area contributed by atoms with Crippen LogP contribution in [0.4, 0.5) is 0 Å². The molecule has 104 valence electrons. The first-order valence-electron chi connectivity index (χ1n) is 6.93. The van der Waals surface area contributed by atoms with E-state index in [9.17, 15) is 4.79 Å². The average molecular weight is 261 g/mol. The van der Waals surface area contributed by atoms with Crippen molar-refractivity contribution in [2.45, 2.75) is 25.4 Å². The summed E-state index contributed by atoms with van der Waals surface area (Å²) < 4.78 is 0. The van der Waals surface area contributed by atoms with Crippen LogP contribution in [-0.2, 0) is 4.79 Å². The van der Waals surface area contributed by atoms with Crippen LogP contribution in [0.1, 0.15) is 24.9 Å². The maximum Gasteiger partial charge on any atom is 0.244 e.